The highest BCUT2D eigenvalue weighted by Crippen LogP contribution is 2.28. The first-order chi connectivity index (χ1) is 17.6. The average molecular weight is 584 g/mol. The van der Waals surface area contributed by atoms with Gasteiger partial charge in [-0.3, -0.25) is 4.79 Å². The van der Waals surface area contributed by atoms with E-state index in [-0.39, 0.29) is 21.5 Å². The lowest BCUT2D eigenvalue weighted by molar-refractivity contribution is -0.116. The first kappa shape index (κ1) is 28.9. The molecule has 3 aromatic rings. The van der Waals surface area contributed by atoms with Crippen LogP contribution < -0.4 is 5.32 Å². The fourth-order valence-electron chi connectivity index (χ4n) is 3.28. The van der Waals surface area contributed by atoms with Crippen molar-refractivity contribution < 1.29 is 22.7 Å². The average Bonchev–Trinajstić information content (AvgIpc) is 2.86. The number of sulfonamides is 1. The van der Waals surface area contributed by atoms with E-state index in [1.165, 1.54) is 48.5 Å². The number of hydrogen-bond donors (Lipinski definition) is 1. The van der Waals surface area contributed by atoms with Gasteiger partial charge in [-0.1, -0.05) is 54.2 Å². The van der Waals surface area contributed by atoms with Crippen LogP contribution >= 0.6 is 34.8 Å². The number of unbranched alkanes of at least 4 members (excludes halogenated alkanes) is 1. The topological polar surface area (TPSA) is 92.8 Å². The molecule has 7 nitrogen and oxygen atoms in total. The van der Waals surface area contributed by atoms with Crippen molar-refractivity contribution in [2.45, 2.75) is 31.2 Å². The van der Waals surface area contributed by atoms with Crippen LogP contribution in [0.15, 0.2) is 71.6 Å². The third-order valence-electron chi connectivity index (χ3n) is 5.30. The molecule has 1 N–H and O–H groups in total. The summed E-state index contributed by atoms with van der Waals surface area (Å²) >= 11 is 18.5. The minimum atomic E-state index is -4.13. The summed E-state index contributed by atoms with van der Waals surface area (Å²) in [5, 5.41) is 3.56. The Bertz CT molecular complexity index is 1330. The third kappa shape index (κ3) is 7.93. The fourth-order valence-corrected chi connectivity index (χ4v) is 5.29. The van der Waals surface area contributed by atoms with Crippen LogP contribution in [0, 0.1) is 0 Å². The van der Waals surface area contributed by atoms with E-state index >= 15 is 0 Å². The molecule has 0 fully saturated rings. The van der Waals surface area contributed by atoms with Gasteiger partial charge in [-0.05, 0) is 67.1 Å². The number of anilines is 1. The Morgan fingerprint density at radius 1 is 0.919 bits per heavy atom. The maximum Gasteiger partial charge on any atom is 0.338 e. The highest BCUT2D eigenvalue weighted by Gasteiger charge is 2.28. The molecule has 0 saturated carbocycles. The Hall–Kier alpha value is -2.62. The van der Waals surface area contributed by atoms with Crippen LogP contribution in [0.1, 0.15) is 35.7 Å². The molecule has 1 amide bonds. The van der Waals surface area contributed by atoms with E-state index in [1.54, 1.807) is 18.2 Å². The van der Waals surface area contributed by atoms with E-state index in [0.29, 0.717) is 28.4 Å². The Labute approximate surface area is 231 Å². The van der Waals surface area contributed by atoms with Gasteiger partial charge >= 0.3 is 5.97 Å². The number of carbonyl (C=O) groups is 2. The minimum absolute atomic E-state index is 0.0428. The number of rotatable bonds is 11. The molecule has 0 aliphatic carbocycles. The zero-order valence-corrected chi connectivity index (χ0v) is 23.0. The Morgan fingerprint density at radius 3 is 2.14 bits per heavy atom. The number of nitrogens with one attached hydrogen (secondary N) is 1. The largest absolute Gasteiger partial charge is 0.462 e. The van der Waals surface area contributed by atoms with Crippen molar-refractivity contribution in [1.82, 2.24) is 4.31 Å². The lowest BCUT2D eigenvalue weighted by atomic mass is 10.2. The summed E-state index contributed by atoms with van der Waals surface area (Å²) in [6, 6.07) is 16.6. The second kappa shape index (κ2) is 13.3. The first-order valence-corrected chi connectivity index (χ1v) is 13.9. The predicted octanol–water partition coefficient (Wildman–Crippen LogP) is 6.43. The van der Waals surface area contributed by atoms with Crippen LogP contribution in [-0.4, -0.2) is 37.8 Å². The molecule has 0 saturated heterocycles. The predicted molar refractivity (Wildman–Crippen MR) is 146 cm³/mol. The highest BCUT2D eigenvalue weighted by atomic mass is 35.5. The van der Waals surface area contributed by atoms with Crippen LogP contribution in [0.25, 0.3) is 0 Å². The number of amides is 1. The van der Waals surface area contributed by atoms with Crippen molar-refractivity contribution in [2.24, 2.45) is 0 Å². The van der Waals surface area contributed by atoms with Gasteiger partial charge in [-0.15, -0.1) is 0 Å². The van der Waals surface area contributed by atoms with Gasteiger partial charge in [0.05, 0.1) is 23.6 Å². The van der Waals surface area contributed by atoms with Crippen LogP contribution in [-0.2, 0) is 26.1 Å². The Balaban J connectivity index is 1.79. The zero-order chi connectivity index (χ0) is 27.0. The van der Waals surface area contributed by atoms with Crippen molar-refractivity contribution in [2.75, 3.05) is 18.5 Å². The molecule has 0 spiro atoms. The number of esters is 1. The molecule has 196 valence electrons. The summed E-state index contributed by atoms with van der Waals surface area (Å²) in [7, 11) is -4.13. The number of nitrogens with zero attached hydrogens (tertiary/aromatic N) is 1. The van der Waals surface area contributed by atoms with Crippen LogP contribution in [0.2, 0.25) is 15.1 Å². The normalized spacial score (nSPS) is 11.4. The summed E-state index contributed by atoms with van der Waals surface area (Å²) < 4.78 is 33.1. The second-order valence-corrected chi connectivity index (χ2v) is 11.2. The summed E-state index contributed by atoms with van der Waals surface area (Å²) in [6.07, 6.45) is 1.68. The molecular formula is C26H25Cl3N2O5S. The quantitative estimate of drug-likeness (QED) is 0.207. The number of benzene rings is 3. The Morgan fingerprint density at radius 2 is 1.54 bits per heavy atom. The maximum atomic E-state index is 13.5. The monoisotopic (exact) mass is 582 g/mol. The third-order valence-corrected chi connectivity index (χ3v) is 8.07. The lowest BCUT2D eigenvalue weighted by Crippen LogP contribution is -2.37. The van der Waals surface area contributed by atoms with Crippen molar-refractivity contribution in [3.05, 3.63) is 92.9 Å². The standard InChI is InChI=1S/C26H25Cl3N2O5S/c1-2-3-15-36-26(33)18-7-11-20(12-8-18)30-25(32)17-31(16-22-23(28)5-4-6-24(22)29)37(34,35)21-13-9-19(27)10-14-21/h4-14H,2-3,15-17H2,1H3,(H,30,32). The number of ether oxygens (including phenoxy) is 1. The van der Waals surface area contributed by atoms with E-state index in [2.05, 4.69) is 5.32 Å². The molecular weight excluding hydrogens is 559 g/mol. The summed E-state index contributed by atoms with van der Waals surface area (Å²) in [6.45, 7) is 1.57. The van der Waals surface area contributed by atoms with E-state index in [0.717, 1.165) is 17.1 Å². The van der Waals surface area contributed by atoms with Gasteiger partial charge in [0.15, 0.2) is 0 Å². The van der Waals surface area contributed by atoms with E-state index in [1.807, 2.05) is 6.92 Å². The fraction of sp³-hybridized carbons (Fsp3) is 0.231. The summed E-state index contributed by atoms with van der Waals surface area (Å²) in [4.78, 5) is 24.9. The smallest absolute Gasteiger partial charge is 0.338 e. The van der Waals surface area contributed by atoms with Crippen LogP contribution in [0.3, 0.4) is 0 Å². The number of halogens is 3. The molecule has 3 aromatic carbocycles. The molecule has 11 heteroatoms. The van der Waals surface area contributed by atoms with Crippen molar-refractivity contribution in [3.8, 4) is 0 Å². The van der Waals surface area contributed by atoms with Crippen molar-refractivity contribution in [1.29, 1.82) is 0 Å². The second-order valence-electron chi connectivity index (χ2n) is 8.04. The molecule has 0 unspecified atom stereocenters. The van der Waals surface area contributed by atoms with Crippen LogP contribution in [0.4, 0.5) is 5.69 Å². The molecule has 0 aliphatic rings. The molecule has 0 radical (unpaired) electrons. The molecule has 0 aliphatic heterocycles. The van der Waals surface area contributed by atoms with Gasteiger partial charge in [0, 0.05) is 32.9 Å². The van der Waals surface area contributed by atoms with Crippen molar-refractivity contribution in [3.63, 3.8) is 0 Å². The highest BCUT2D eigenvalue weighted by molar-refractivity contribution is 7.89. The summed E-state index contributed by atoms with van der Waals surface area (Å²) in [5.74, 6) is -1.05. The Kier molecular flexibility index (Phi) is 10.4. The molecule has 0 heterocycles. The first-order valence-electron chi connectivity index (χ1n) is 11.4. The summed E-state index contributed by atoms with van der Waals surface area (Å²) in [5.41, 5.74) is 1.09. The number of carbonyl (C=O) groups excluding carboxylic acids is 2. The van der Waals surface area contributed by atoms with Gasteiger partial charge in [0.25, 0.3) is 0 Å². The van der Waals surface area contributed by atoms with Gasteiger partial charge in [0.2, 0.25) is 15.9 Å². The van der Waals surface area contributed by atoms with Gasteiger partial charge in [-0.2, -0.15) is 4.31 Å². The molecule has 0 atom stereocenters. The van der Waals surface area contributed by atoms with E-state index < -0.39 is 28.4 Å². The number of hydrogen-bond acceptors (Lipinski definition) is 5. The van der Waals surface area contributed by atoms with E-state index in [4.69, 9.17) is 39.5 Å². The van der Waals surface area contributed by atoms with Crippen molar-refractivity contribution >= 4 is 62.4 Å². The zero-order valence-electron chi connectivity index (χ0n) is 19.9. The molecule has 37 heavy (non-hydrogen) atoms. The minimum Gasteiger partial charge on any atom is -0.462 e. The molecule has 0 bridgehead atoms. The van der Waals surface area contributed by atoms with Gasteiger partial charge in [0.1, 0.15) is 0 Å². The van der Waals surface area contributed by atoms with E-state index in [9.17, 15) is 18.0 Å². The van der Waals surface area contributed by atoms with Gasteiger partial charge in [-0.25, -0.2) is 13.2 Å². The lowest BCUT2D eigenvalue weighted by Gasteiger charge is -2.23. The molecule has 3 rings (SSSR count). The maximum absolute atomic E-state index is 13.5. The molecule has 0 aromatic heterocycles. The SMILES string of the molecule is CCCCOC(=O)c1ccc(NC(=O)CN(Cc2c(Cl)cccc2Cl)S(=O)(=O)c2ccc(Cl)cc2)cc1. The van der Waals surface area contributed by atoms with Crippen LogP contribution in [0.5, 0.6) is 0 Å². The van der Waals surface area contributed by atoms with Gasteiger partial charge < -0.3 is 10.1 Å².